The number of hydrogen-bond acceptors (Lipinski definition) is 4. The summed E-state index contributed by atoms with van der Waals surface area (Å²) in [7, 11) is 0. The largest absolute Gasteiger partial charge is 0.303 e. The number of piperidine rings is 1. The number of aromatic nitrogens is 3. The second-order valence-corrected chi connectivity index (χ2v) is 7.56. The van der Waals surface area contributed by atoms with E-state index in [0.29, 0.717) is 18.5 Å². The van der Waals surface area contributed by atoms with Crippen molar-refractivity contribution in [1.82, 2.24) is 20.1 Å². The highest BCUT2D eigenvalue weighted by Gasteiger charge is 2.20. The monoisotopic (exact) mass is 395 g/mol. The van der Waals surface area contributed by atoms with Crippen LogP contribution in [-0.4, -0.2) is 52.7 Å². The topological polar surface area (TPSA) is 65.1 Å². The molecule has 29 heavy (non-hydrogen) atoms. The molecule has 0 radical (unpaired) electrons. The van der Waals surface area contributed by atoms with Crippen molar-refractivity contribution in [1.29, 1.82) is 0 Å². The molecular formula is C22H26FN5O. The van der Waals surface area contributed by atoms with Gasteiger partial charge in [-0.05, 0) is 57.5 Å². The van der Waals surface area contributed by atoms with Gasteiger partial charge >= 0.3 is 0 Å². The Labute approximate surface area is 169 Å². The van der Waals surface area contributed by atoms with E-state index < -0.39 is 5.82 Å². The number of H-pyrrole nitrogens is 1. The highest BCUT2D eigenvalue weighted by molar-refractivity contribution is 5.84. The second kappa shape index (κ2) is 9.13. The van der Waals surface area contributed by atoms with Crippen LogP contribution in [0.15, 0.2) is 36.5 Å². The molecule has 1 saturated heterocycles. The number of rotatable bonds is 8. The Morgan fingerprint density at radius 3 is 2.83 bits per heavy atom. The first-order valence-corrected chi connectivity index (χ1v) is 10.3. The SMILES string of the molecule is O=CN(CCCCN1CCCCC1)c1n[nH]c(-c2cnc3ccccc3c2)c1F. The van der Waals surface area contributed by atoms with Crippen LogP contribution in [0.4, 0.5) is 10.2 Å². The number of hydrogen-bond donors (Lipinski definition) is 1. The predicted octanol–water partition coefficient (Wildman–Crippen LogP) is 3.99. The summed E-state index contributed by atoms with van der Waals surface area (Å²) >= 11 is 0. The highest BCUT2D eigenvalue weighted by Crippen LogP contribution is 2.28. The summed E-state index contributed by atoms with van der Waals surface area (Å²) in [6, 6.07) is 9.54. The average molecular weight is 395 g/mol. The van der Waals surface area contributed by atoms with Crippen LogP contribution in [0.2, 0.25) is 0 Å². The van der Waals surface area contributed by atoms with E-state index in [9.17, 15) is 4.79 Å². The van der Waals surface area contributed by atoms with Crippen LogP contribution in [0.5, 0.6) is 0 Å². The van der Waals surface area contributed by atoms with Crippen molar-refractivity contribution in [2.45, 2.75) is 32.1 Å². The van der Waals surface area contributed by atoms with Crippen LogP contribution in [-0.2, 0) is 4.79 Å². The standard InChI is InChI=1S/C22H26FN5O/c23-20-21(18-14-17-8-2-3-9-19(17)24-15-18)25-26-22(20)28(16-29)13-7-6-12-27-10-4-1-5-11-27/h2-3,8-9,14-16H,1,4-7,10-13H2,(H,25,26). The number of para-hydroxylation sites is 1. The number of carbonyl (C=O) groups is 1. The molecule has 1 amide bonds. The van der Waals surface area contributed by atoms with E-state index in [-0.39, 0.29) is 11.5 Å². The van der Waals surface area contributed by atoms with Crippen LogP contribution >= 0.6 is 0 Å². The number of aromatic amines is 1. The van der Waals surface area contributed by atoms with Crippen LogP contribution in [0.3, 0.4) is 0 Å². The molecule has 0 atom stereocenters. The minimum atomic E-state index is -0.523. The third-order valence-corrected chi connectivity index (χ3v) is 5.54. The lowest BCUT2D eigenvalue weighted by molar-refractivity contribution is -0.107. The van der Waals surface area contributed by atoms with Crippen LogP contribution in [0.25, 0.3) is 22.2 Å². The van der Waals surface area contributed by atoms with Gasteiger partial charge < -0.3 is 4.90 Å². The summed E-state index contributed by atoms with van der Waals surface area (Å²) < 4.78 is 15.0. The zero-order valence-electron chi connectivity index (χ0n) is 16.5. The molecule has 1 aromatic carbocycles. The number of likely N-dealkylation sites (tertiary alicyclic amines) is 1. The molecule has 3 heterocycles. The van der Waals surface area contributed by atoms with E-state index in [1.54, 1.807) is 6.20 Å². The maximum absolute atomic E-state index is 15.0. The quantitative estimate of drug-likeness (QED) is 0.463. The minimum absolute atomic E-state index is 0.0427. The zero-order chi connectivity index (χ0) is 20.1. The molecule has 0 bridgehead atoms. The van der Waals surface area contributed by atoms with E-state index in [0.717, 1.165) is 43.4 Å². The normalized spacial score (nSPS) is 14.9. The van der Waals surface area contributed by atoms with Crippen molar-refractivity contribution >= 4 is 23.1 Å². The van der Waals surface area contributed by atoms with Crippen molar-refractivity contribution in [2.75, 3.05) is 31.1 Å². The van der Waals surface area contributed by atoms with E-state index in [4.69, 9.17) is 0 Å². The Morgan fingerprint density at radius 2 is 2.00 bits per heavy atom. The number of unbranched alkanes of at least 4 members (excludes halogenated alkanes) is 1. The number of benzene rings is 1. The maximum atomic E-state index is 15.0. The van der Waals surface area contributed by atoms with Gasteiger partial charge in [-0.15, -0.1) is 0 Å². The molecule has 1 aliphatic rings. The third kappa shape index (κ3) is 4.45. The first-order valence-electron chi connectivity index (χ1n) is 10.3. The van der Waals surface area contributed by atoms with E-state index in [1.165, 1.54) is 24.2 Å². The number of halogens is 1. The number of carbonyl (C=O) groups excluding carboxylic acids is 1. The lowest BCUT2D eigenvalue weighted by Crippen LogP contribution is -2.31. The summed E-state index contributed by atoms with van der Waals surface area (Å²) in [4.78, 5) is 19.7. The van der Waals surface area contributed by atoms with Gasteiger partial charge in [-0.25, -0.2) is 4.39 Å². The summed E-state index contributed by atoms with van der Waals surface area (Å²) in [6.45, 7) is 3.81. The molecular weight excluding hydrogens is 369 g/mol. The molecule has 6 nitrogen and oxygen atoms in total. The van der Waals surface area contributed by atoms with Gasteiger partial charge in [-0.3, -0.25) is 19.8 Å². The van der Waals surface area contributed by atoms with Gasteiger partial charge in [0.2, 0.25) is 6.41 Å². The van der Waals surface area contributed by atoms with E-state index in [2.05, 4.69) is 20.1 Å². The molecule has 7 heteroatoms. The first kappa shape index (κ1) is 19.5. The van der Waals surface area contributed by atoms with Gasteiger partial charge in [0.25, 0.3) is 0 Å². The van der Waals surface area contributed by atoms with Gasteiger partial charge in [0.15, 0.2) is 11.6 Å². The number of nitrogens with one attached hydrogen (secondary N) is 1. The molecule has 0 unspecified atom stereocenters. The van der Waals surface area contributed by atoms with E-state index in [1.807, 2.05) is 30.3 Å². The number of nitrogens with zero attached hydrogens (tertiary/aromatic N) is 4. The van der Waals surface area contributed by atoms with Gasteiger partial charge in [0, 0.05) is 23.7 Å². The van der Waals surface area contributed by atoms with E-state index >= 15 is 4.39 Å². The van der Waals surface area contributed by atoms with Crippen molar-refractivity contribution in [2.24, 2.45) is 0 Å². The molecule has 0 aliphatic carbocycles. The fraction of sp³-hybridized carbons (Fsp3) is 0.409. The first-order chi connectivity index (χ1) is 14.3. The number of fused-ring (bicyclic) bond motifs is 1. The molecule has 4 rings (SSSR count). The molecule has 1 fully saturated rings. The molecule has 1 aliphatic heterocycles. The van der Waals surface area contributed by atoms with Crippen LogP contribution in [0.1, 0.15) is 32.1 Å². The Bertz CT molecular complexity index is 967. The molecule has 3 aromatic rings. The van der Waals surface area contributed by atoms with Crippen molar-refractivity contribution in [3.8, 4) is 11.3 Å². The fourth-order valence-corrected chi connectivity index (χ4v) is 3.92. The molecule has 152 valence electrons. The summed E-state index contributed by atoms with van der Waals surface area (Å²) in [6.07, 6.45) is 7.93. The van der Waals surface area contributed by atoms with Gasteiger partial charge in [-0.1, -0.05) is 24.6 Å². The van der Waals surface area contributed by atoms with Crippen LogP contribution in [0, 0.1) is 5.82 Å². The number of amides is 1. The smallest absolute Gasteiger partial charge is 0.215 e. The van der Waals surface area contributed by atoms with Gasteiger partial charge in [0.1, 0.15) is 5.69 Å². The second-order valence-electron chi connectivity index (χ2n) is 7.56. The number of anilines is 1. The van der Waals surface area contributed by atoms with Crippen molar-refractivity contribution in [3.05, 3.63) is 42.3 Å². The highest BCUT2D eigenvalue weighted by atomic mass is 19.1. The predicted molar refractivity (Wildman–Crippen MR) is 112 cm³/mol. The average Bonchev–Trinajstić information content (AvgIpc) is 3.15. The molecule has 2 aromatic heterocycles. The fourth-order valence-electron chi connectivity index (χ4n) is 3.92. The lowest BCUT2D eigenvalue weighted by atomic mass is 10.1. The molecule has 1 N–H and O–H groups in total. The molecule has 0 spiro atoms. The van der Waals surface area contributed by atoms with Crippen molar-refractivity contribution in [3.63, 3.8) is 0 Å². The zero-order valence-corrected chi connectivity index (χ0v) is 16.5. The number of pyridine rings is 1. The summed E-state index contributed by atoms with van der Waals surface area (Å²) in [5, 5.41) is 7.73. The summed E-state index contributed by atoms with van der Waals surface area (Å²) in [5.41, 5.74) is 1.70. The summed E-state index contributed by atoms with van der Waals surface area (Å²) in [5.74, 6) is -0.480. The Morgan fingerprint density at radius 1 is 1.17 bits per heavy atom. The molecule has 0 saturated carbocycles. The van der Waals surface area contributed by atoms with Gasteiger partial charge in [0.05, 0.1) is 5.52 Å². The lowest BCUT2D eigenvalue weighted by Gasteiger charge is -2.26. The van der Waals surface area contributed by atoms with Crippen LogP contribution < -0.4 is 4.90 Å². The third-order valence-electron chi connectivity index (χ3n) is 5.54. The van der Waals surface area contributed by atoms with Crippen molar-refractivity contribution < 1.29 is 9.18 Å². The minimum Gasteiger partial charge on any atom is -0.303 e. The van der Waals surface area contributed by atoms with Gasteiger partial charge in [-0.2, -0.15) is 5.10 Å². The Balaban J connectivity index is 1.42. The Kier molecular flexibility index (Phi) is 6.14. The maximum Gasteiger partial charge on any atom is 0.215 e. The Hall–Kier alpha value is -2.80.